The lowest BCUT2D eigenvalue weighted by Gasteiger charge is -2.23. The van der Waals surface area contributed by atoms with Crippen molar-refractivity contribution in [2.24, 2.45) is 0 Å². The van der Waals surface area contributed by atoms with Crippen LogP contribution >= 0.6 is 0 Å². The van der Waals surface area contributed by atoms with Gasteiger partial charge in [-0.25, -0.2) is 0 Å². The van der Waals surface area contributed by atoms with Gasteiger partial charge >= 0.3 is 6.18 Å². The molecule has 1 unspecified atom stereocenters. The number of aryl methyl sites for hydroxylation is 1. The molecule has 0 bridgehead atoms. The minimum atomic E-state index is -4.31. The zero-order chi connectivity index (χ0) is 29.8. The lowest BCUT2D eigenvalue weighted by molar-refractivity contribution is -0.137. The summed E-state index contributed by atoms with van der Waals surface area (Å²) >= 11 is 0. The highest BCUT2D eigenvalue weighted by Gasteiger charge is 2.29. The maximum Gasteiger partial charge on any atom is 0.416 e. The summed E-state index contributed by atoms with van der Waals surface area (Å²) in [5.74, 6) is 1.42. The molecule has 1 atom stereocenters. The minimum Gasteiger partial charge on any atom is -0.493 e. The average molecular weight is 577 g/mol. The van der Waals surface area contributed by atoms with E-state index in [1.807, 2.05) is 24.3 Å². The van der Waals surface area contributed by atoms with Gasteiger partial charge in [-0.3, -0.25) is 4.90 Å². The van der Waals surface area contributed by atoms with Crippen LogP contribution in [-0.2, 0) is 32.2 Å². The molecule has 4 rings (SSSR count). The Hall–Kier alpha value is -3.81. The summed E-state index contributed by atoms with van der Waals surface area (Å²) in [5.41, 5.74) is 3.86. The number of halogens is 3. The molecule has 0 saturated heterocycles. The van der Waals surface area contributed by atoms with Crippen LogP contribution in [0, 0.1) is 0 Å². The number of nitrogens with one attached hydrogen (secondary N) is 1. The van der Waals surface area contributed by atoms with Crippen molar-refractivity contribution < 1.29 is 22.6 Å². The summed E-state index contributed by atoms with van der Waals surface area (Å²) in [5, 5.41) is 3.40. The van der Waals surface area contributed by atoms with Crippen molar-refractivity contribution in [3.63, 3.8) is 0 Å². The van der Waals surface area contributed by atoms with Gasteiger partial charge < -0.3 is 14.8 Å². The summed E-state index contributed by atoms with van der Waals surface area (Å²) in [6.45, 7) is 5.55. The average Bonchev–Trinajstić information content (AvgIpc) is 3.00. The number of hydrogen-bond donors (Lipinski definition) is 1. The van der Waals surface area contributed by atoms with E-state index in [1.54, 1.807) is 7.11 Å². The Bertz CT molecular complexity index is 1310. The van der Waals surface area contributed by atoms with Crippen molar-refractivity contribution >= 4 is 0 Å². The fourth-order valence-corrected chi connectivity index (χ4v) is 4.76. The zero-order valence-corrected chi connectivity index (χ0v) is 24.2. The number of benzene rings is 4. The Morgan fingerprint density at radius 1 is 0.738 bits per heavy atom. The van der Waals surface area contributed by atoms with Crippen LogP contribution in [0.2, 0.25) is 0 Å². The third-order valence-electron chi connectivity index (χ3n) is 7.19. The highest BCUT2D eigenvalue weighted by atomic mass is 19.4. The molecule has 222 valence electrons. The van der Waals surface area contributed by atoms with Crippen LogP contribution in [0.15, 0.2) is 103 Å². The van der Waals surface area contributed by atoms with Gasteiger partial charge in [-0.1, -0.05) is 78.9 Å². The Kier molecular flexibility index (Phi) is 11.4. The SMILES string of the molecule is COc1cc(CCC(C)NCc2ccc(C(F)(F)F)cc2)ccc1OCCN(Cc1ccccc1)Cc1ccccc1. The predicted molar refractivity (Wildman–Crippen MR) is 162 cm³/mol. The highest BCUT2D eigenvalue weighted by molar-refractivity contribution is 5.43. The van der Waals surface area contributed by atoms with Gasteiger partial charge in [0.15, 0.2) is 11.5 Å². The van der Waals surface area contributed by atoms with Gasteiger partial charge in [0.25, 0.3) is 0 Å². The van der Waals surface area contributed by atoms with E-state index in [2.05, 4.69) is 71.7 Å². The quantitative estimate of drug-likeness (QED) is 0.156. The van der Waals surface area contributed by atoms with E-state index in [0.29, 0.717) is 24.7 Å². The summed E-state index contributed by atoms with van der Waals surface area (Å²) in [6, 6.07) is 32.4. The molecule has 0 amide bonds. The third kappa shape index (κ3) is 9.93. The van der Waals surface area contributed by atoms with Crippen LogP contribution in [0.1, 0.15) is 41.2 Å². The Morgan fingerprint density at radius 3 is 1.90 bits per heavy atom. The largest absolute Gasteiger partial charge is 0.493 e. The van der Waals surface area contributed by atoms with Crippen LogP contribution in [0.4, 0.5) is 13.2 Å². The molecule has 4 aromatic carbocycles. The second-order valence-corrected chi connectivity index (χ2v) is 10.5. The first-order valence-corrected chi connectivity index (χ1v) is 14.3. The van der Waals surface area contributed by atoms with Gasteiger partial charge in [-0.05, 0) is 66.3 Å². The predicted octanol–water partition coefficient (Wildman–Crippen LogP) is 7.91. The molecule has 0 aliphatic carbocycles. The van der Waals surface area contributed by atoms with Crippen LogP contribution in [0.5, 0.6) is 11.5 Å². The number of rotatable bonds is 15. The van der Waals surface area contributed by atoms with Gasteiger partial charge in [0, 0.05) is 32.2 Å². The van der Waals surface area contributed by atoms with Crippen molar-refractivity contribution in [3.05, 3.63) is 131 Å². The molecule has 42 heavy (non-hydrogen) atoms. The van der Waals surface area contributed by atoms with Crippen molar-refractivity contribution in [2.45, 2.75) is 51.6 Å². The van der Waals surface area contributed by atoms with E-state index in [4.69, 9.17) is 9.47 Å². The van der Waals surface area contributed by atoms with E-state index in [0.717, 1.165) is 55.7 Å². The minimum absolute atomic E-state index is 0.189. The lowest BCUT2D eigenvalue weighted by atomic mass is 10.0. The summed E-state index contributed by atoms with van der Waals surface area (Å²) in [4.78, 5) is 2.38. The summed E-state index contributed by atoms with van der Waals surface area (Å²) in [7, 11) is 1.65. The van der Waals surface area contributed by atoms with E-state index < -0.39 is 11.7 Å². The summed E-state index contributed by atoms with van der Waals surface area (Å²) < 4.78 is 50.2. The topological polar surface area (TPSA) is 33.7 Å². The van der Waals surface area contributed by atoms with Crippen LogP contribution < -0.4 is 14.8 Å². The molecule has 0 fully saturated rings. The van der Waals surface area contributed by atoms with Gasteiger partial charge in [0.1, 0.15) is 6.61 Å². The highest BCUT2D eigenvalue weighted by Crippen LogP contribution is 2.30. The van der Waals surface area contributed by atoms with Gasteiger partial charge in [-0.2, -0.15) is 13.2 Å². The van der Waals surface area contributed by atoms with E-state index in [1.165, 1.54) is 23.3 Å². The van der Waals surface area contributed by atoms with Crippen molar-refractivity contribution in [1.29, 1.82) is 0 Å². The lowest BCUT2D eigenvalue weighted by Crippen LogP contribution is -2.27. The Labute approximate surface area is 247 Å². The van der Waals surface area contributed by atoms with Gasteiger partial charge in [0.2, 0.25) is 0 Å². The Morgan fingerprint density at radius 2 is 1.33 bits per heavy atom. The van der Waals surface area contributed by atoms with Crippen molar-refractivity contribution in [3.8, 4) is 11.5 Å². The number of ether oxygens (including phenoxy) is 2. The maximum atomic E-state index is 12.8. The molecule has 1 N–H and O–H groups in total. The summed E-state index contributed by atoms with van der Waals surface area (Å²) in [6.07, 6.45) is -2.61. The molecular weight excluding hydrogens is 537 g/mol. The molecule has 0 saturated carbocycles. The second-order valence-electron chi connectivity index (χ2n) is 10.5. The smallest absolute Gasteiger partial charge is 0.416 e. The molecule has 4 nitrogen and oxygen atoms in total. The van der Waals surface area contributed by atoms with E-state index >= 15 is 0 Å². The molecule has 0 aromatic heterocycles. The second kappa shape index (κ2) is 15.4. The van der Waals surface area contributed by atoms with E-state index in [9.17, 15) is 13.2 Å². The Balaban J connectivity index is 1.26. The molecule has 4 aromatic rings. The number of nitrogens with zero attached hydrogens (tertiary/aromatic N) is 1. The van der Waals surface area contributed by atoms with Crippen molar-refractivity contribution in [1.82, 2.24) is 10.2 Å². The standard InChI is InChI=1S/C35H39F3N2O2/c1-27(39-24-29-15-18-32(19-16-29)35(36,37)38)13-14-28-17-20-33(34(23-28)41-2)42-22-21-40(25-30-9-5-3-6-10-30)26-31-11-7-4-8-12-31/h3-12,15-20,23,27,39H,13-14,21-22,24-26H2,1-2H3. The van der Waals surface area contributed by atoms with Gasteiger partial charge in [-0.15, -0.1) is 0 Å². The van der Waals surface area contributed by atoms with Gasteiger partial charge in [0.05, 0.1) is 12.7 Å². The third-order valence-corrected chi connectivity index (χ3v) is 7.19. The van der Waals surface area contributed by atoms with Crippen LogP contribution in [0.3, 0.4) is 0 Å². The first-order valence-electron chi connectivity index (χ1n) is 14.3. The molecule has 0 heterocycles. The molecule has 0 aliphatic heterocycles. The first kappa shape index (κ1) is 31.1. The molecule has 0 spiro atoms. The number of methoxy groups -OCH3 is 1. The fourth-order valence-electron chi connectivity index (χ4n) is 4.76. The fraction of sp³-hybridized carbons (Fsp3) is 0.314. The molecule has 0 aliphatic rings. The van der Waals surface area contributed by atoms with E-state index in [-0.39, 0.29) is 6.04 Å². The van der Waals surface area contributed by atoms with Crippen LogP contribution in [-0.4, -0.2) is 31.2 Å². The number of alkyl halides is 3. The zero-order valence-electron chi connectivity index (χ0n) is 24.2. The normalized spacial score (nSPS) is 12.3. The molecule has 0 radical (unpaired) electrons. The maximum absolute atomic E-state index is 12.8. The monoisotopic (exact) mass is 576 g/mol. The molecular formula is C35H39F3N2O2. The van der Waals surface area contributed by atoms with Crippen LogP contribution in [0.25, 0.3) is 0 Å². The first-order chi connectivity index (χ1) is 20.3. The van der Waals surface area contributed by atoms with Crippen molar-refractivity contribution in [2.75, 3.05) is 20.3 Å². The molecule has 7 heteroatoms. The number of hydrogen-bond acceptors (Lipinski definition) is 4.